The molecular formula is C27H25ClN4O2S. The lowest BCUT2D eigenvalue weighted by Gasteiger charge is -2.43. The van der Waals surface area contributed by atoms with Crippen LogP contribution in [0.2, 0.25) is 5.02 Å². The average molecular weight is 505 g/mol. The minimum absolute atomic E-state index is 0.238. The number of halogens is 1. The smallest absolute Gasteiger partial charge is 0.277 e. The summed E-state index contributed by atoms with van der Waals surface area (Å²) in [6.07, 6.45) is 0.829. The predicted molar refractivity (Wildman–Crippen MR) is 140 cm³/mol. The Bertz CT molecular complexity index is 1380. The van der Waals surface area contributed by atoms with Crippen molar-refractivity contribution < 1.29 is 9.59 Å². The fourth-order valence-electron chi connectivity index (χ4n) is 4.42. The molecule has 8 heteroatoms. The van der Waals surface area contributed by atoms with Gasteiger partial charge in [0.2, 0.25) is 5.91 Å². The van der Waals surface area contributed by atoms with Crippen LogP contribution in [0.3, 0.4) is 0 Å². The predicted octanol–water partition coefficient (Wildman–Crippen LogP) is 5.56. The van der Waals surface area contributed by atoms with Gasteiger partial charge in [-0.05, 0) is 66.2 Å². The molecule has 2 aromatic heterocycles. The van der Waals surface area contributed by atoms with Crippen molar-refractivity contribution >= 4 is 40.4 Å². The summed E-state index contributed by atoms with van der Waals surface area (Å²) in [7, 11) is 0. The molecule has 1 unspecified atom stereocenters. The summed E-state index contributed by atoms with van der Waals surface area (Å²) in [4.78, 5) is 30.2. The number of fused-ring (bicyclic) bond motifs is 1. The van der Waals surface area contributed by atoms with Crippen LogP contribution >= 0.6 is 22.9 Å². The Labute approximate surface area is 213 Å². The van der Waals surface area contributed by atoms with E-state index >= 15 is 0 Å². The van der Waals surface area contributed by atoms with E-state index in [9.17, 15) is 9.59 Å². The molecule has 6 nitrogen and oxygen atoms in total. The number of benzene rings is 2. The first kappa shape index (κ1) is 23.3. The zero-order chi connectivity index (χ0) is 24.6. The van der Waals surface area contributed by atoms with Crippen LogP contribution in [0.1, 0.15) is 35.5 Å². The summed E-state index contributed by atoms with van der Waals surface area (Å²) in [5, 5.41) is 10.3. The first-order valence-electron chi connectivity index (χ1n) is 11.5. The molecule has 0 bridgehead atoms. The van der Waals surface area contributed by atoms with Crippen LogP contribution in [0.5, 0.6) is 0 Å². The molecule has 2 aromatic carbocycles. The topological polar surface area (TPSA) is 67.2 Å². The van der Waals surface area contributed by atoms with Gasteiger partial charge in [-0.15, -0.1) is 11.3 Å². The molecular weight excluding hydrogens is 480 g/mol. The van der Waals surface area contributed by atoms with E-state index in [1.165, 1.54) is 0 Å². The van der Waals surface area contributed by atoms with Crippen LogP contribution in [0.25, 0.3) is 10.6 Å². The fourth-order valence-corrected chi connectivity index (χ4v) is 5.23. The minimum Gasteiger partial charge on any atom is -0.350 e. The number of carbonyl (C=O) groups excluding carboxylic acids is 2. The lowest BCUT2D eigenvalue weighted by atomic mass is 9.93. The summed E-state index contributed by atoms with van der Waals surface area (Å²) in [6, 6.07) is 20.9. The molecule has 0 fully saturated rings. The molecule has 4 aromatic rings. The maximum Gasteiger partial charge on any atom is 0.277 e. The number of nitrogens with zero attached hydrogens (tertiary/aromatic N) is 3. The molecule has 0 spiro atoms. The van der Waals surface area contributed by atoms with E-state index in [-0.39, 0.29) is 18.4 Å². The number of carbonyl (C=O) groups is 2. The quantitative estimate of drug-likeness (QED) is 0.373. The standard InChI is InChI=1S/C27H25ClN4O2S/c1-3-18-6-4-7-21(14-18)32-25(33)23-15-22(24-8-5-13-35-24)30-31(23)17-27(32,2)26(34)29-16-19-9-11-20(28)12-10-19/h4-15H,3,16-17H2,1-2H3,(H,29,34). The van der Waals surface area contributed by atoms with Crippen molar-refractivity contribution in [1.29, 1.82) is 0 Å². The molecule has 3 heterocycles. The fraction of sp³-hybridized carbons (Fsp3) is 0.222. The van der Waals surface area contributed by atoms with Crippen LogP contribution in [0.4, 0.5) is 5.69 Å². The van der Waals surface area contributed by atoms with Gasteiger partial charge >= 0.3 is 0 Å². The van der Waals surface area contributed by atoms with Gasteiger partial charge in [-0.25, -0.2) is 0 Å². The highest BCUT2D eigenvalue weighted by molar-refractivity contribution is 7.13. The number of rotatable bonds is 6. The molecule has 2 amide bonds. The number of aryl methyl sites for hydroxylation is 1. The zero-order valence-corrected chi connectivity index (χ0v) is 21.1. The third-order valence-corrected chi connectivity index (χ3v) is 7.50. The van der Waals surface area contributed by atoms with Gasteiger partial charge in [0.05, 0.1) is 11.4 Å². The molecule has 0 aliphatic carbocycles. The van der Waals surface area contributed by atoms with Crippen LogP contribution in [-0.2, 0) is 24.3 Å². The normalized spacial score (nSPS) is 17.3. The first-order chi connectivity index (χ1) is 16.9. The Kier molecular flexibility index (Phi) is 6.21. The summed E-state index contributed by atoms with van der Waals surface area (Å²) in [5.74, 6) is -0.495. The van der Waals surface area contributed by atoms with Crippen LogP contribution in [0, 0.1) is 0 Å². The Balaban J connectivity index is 1.53. The van der Waals surface area contributed by atoms with Gasteiger partial charge in [-0.1, -0.05) is 48.9 Å². The summed E-state index contributed by atoms with van der Waals surface area (Å²) >= 11 is 7.56. The van der Waals surface area contributed by atoms with Crippen molar-refractivity contribution in [1.82, 2.24) is 15.1 Å². The number of amides is 2. The Morgan fingerprint density at radius 1 is 1.11 bits per heavy atom. The third-order valence-electron chi connectivity index (χ3n) is 6.36. The van der Waals surface area contributed by atoms with E-state index in [1.54, 1.807) is 40.0 Å². The molecule has 178 valence electrons. The molecule has 1 atom stereocenters. The van der Waals surface area contributed by atoms with Gasteiger partial charge < -0.3 is 5.32 Å². The third kappa shape index (κ3) is 4.37. The van der Waals surface area contributed by atoms with Gasteiger partial charge in [-0.3, -0.25) is 19.2 Å². The van der Waals surface area contributed by atoms with Crippen molar-refractivity contribution in [3.05, 3.63) is 94.0 Å². The molecule has 1 aliphatic heterocycles. The van der Waals surface area contributed by atoms with Crippen molar-refractivity contribution in [3.8, 4) is 10.6 Å². The van der Waals surface area contributed by atoms with Crippen molar-refractivity contribution in [2.24, 2.45) is 0 Å². The number of thiophene rings is 1. The van der Waals surface area contributed by atoms with Crippen molar-refractivity contribution in [3.63, 3.8) is 0 Å². The largest absolute Gasteiger partial charge is 0.350 e. The number of hydrogen-bond donors (Lipinski definition) is 1. The lowest BCUT2D eigenvalue weighted by Crippen LogP contribution is -2.64. The van der Waals surface area contributed by atoms with Gasteiger partial charge in [-0.2, -0.15) is 5.10 Å². The van der Waals surface area contributed by atoms with E-state index in [0.29, 0.717) is 22.9 Å². The van der Waals surface area contributed by atoms with Gasteiger partial charge in [0.1, 0.15) is 16.9 Å². The van der Waals surface area contributed by atoms with Crippen LogP contribution in [0.15, 0.2) is 72.1 Å². The summed E-state index contributed by atoms with van der Waals surface area (Å²) in [6.45, 7) is 4.44. The molecule has 0 radical (unpaired) electrons. The van der Waals surface area contributed by atoms with Crippen LogP contribution in [-0.4, -0.2) is 27.1 Å². The SMILES string of the molecule is CCc1cccc(N2C(=O)c3cc(-c4cccs4)nn3CC2(C)C(=O)NCc2ccc(Cl)cc2)c1. The summed E-state index contributed by atoms with van der Waals surface area (Å²) < 4.78 is 1.67. The minimum atomic E-state index is -1.18. The van der Waals surface area contributed by atoms with Gasteiger partial charge in [0, 0.05) is 17.3 Å². The number of nitrogens with one attached hydrogen (secondary N) is 1. The number of hydrogen-bond acceptors (Lipinski definition) is 4. The number of anilines is 1. The summed E-state index contributed by atoms with van der Waals surface area (Å²) in [5.41, 5.74) is 2.74. The zero-order valence-electron chi connectivity index (χ0n) is 19.5. The Morgan fingerprint density at radius 2 is 1.91 bits per heavy atom. The van der Waals surface area contributed by atoms with Crippen molar-refractivity contribution in [2.75, 3.05) is 4.90 Å². The van der Waals surface area contributed by atoms with Gasteiger partial charge in [0.15, 0.2) is 0 Å². The highest BCUT2D eigenvalue weighted by Gasteiger charge is 2.49. The van der Waals surface area contributed by atoms with E-state index in [0.717, 1.165) is 28.1 Å². The highest BCUT2D eigenvalue weighted by atomic mass is 35.5. The van der Waals surface area contributed by atoms with E-state index in [4.69, 9.17) is 16.7 Å². The lowest BCUT2D eigenvalue weighted by molar-refractivity contribution is -0.126. The molecule has 0 saturated heterocycles. The molecule has 1 aliphatic rings. The van der Waals surface area contributed by atoms with E-state index in [2.05, 4.69) is 12.2 Å². The Hall–Kier alpha value is -3.42. The maximum atomic E-state index is 13.9. The Morgan fingerprint density at radius 3 is 2.63 bits per heavy atom. The second-order valence-corrected chi connectivity index (χ2v) is 10.2. The van der Waals surface area contributed by atoms with Gasteiger partial charge in [0.25, 0.3) is 5.91 Å². The second-order valence-electron chi connectivity index (χ2n) is 8.80. The second kappa shape index (κ2) is 9.32. The highest BCUT2D eigenvalue weighted by Crippen LogP contribution is 2.35. The molecule has 5 rings (SSSR count). The number of aromatic nitrogens is 2. The molecule has 35 heavy (non-hydrogen) atoms. The van der Waals surface area contributed by atoms with Crippen molar-refractivity contribution in [2.45, 2.75) is 38.9 Å². The first-order valence-corrected chi connectivity index (χ1v) is 12.7. The van der Waals surface area contributed by atoms with E-state index < -0.39 is 5.54 Å². The van der Waals surface area contributed by atoms with Crippen LogP contribution < -0.4 is 10.2 Å². The monoisotopic (exact) mass is 504 g/mol. The van der Waals surface area contributed by atoms with E-state index in [1.807, 2.05) is 60.0 Å². The molecule has 1 N–H and O–H groups in total. The maximum absolute atomic E-state index is 13.9. The average Bonchev–Trinajstić information content (AvgIpc) is 3.54. The molecule has 0 saturated carbocycles.